The van der Waals surface area contributed by atoms with Crippen LogP contribution in [0.25, 0.3) is 0 Å². The number of rotatable bonds is 1. The quantitative estimate of drug-likeness (QED) is 0.612. The molecule has 1 amide bonds. The van der Waals surface area contributed by atoms with Crippen molar-refractivity contribution in [3.63, 3.8) is 0 Å². The summed E-state index contributed by atoms with van der Waals surface area (Å²) in [6.07, 6.45) is 3.70. The second-order valence-electron chi connectivity index (χ2n) is 2.79. The molecule has 2 aliphatic rings. The lowest BCUT2D eigenvalue weighted by atomic mass is 10.1. The van der Waals surface area contributed by atoms with Gasteiger partial charge in [-0.25, -0.2) is 4.21 Å². The Hall–Kier alpha value is -1.36. The maximum atomic E-state index is 11.3. The molecule has 0 aliphatic carbocycles. The van der Waals surface area contributed by atoms with Gasteiger partial charge < -0.3 is 11.1 Å². The molecule has 0 bridgehead atoms. The standard InChI is InChI=1S/C8H8N2O2S/c9-8(11)5-3-7-6(10-4-5)1-2-13(7)12/h1-2,4,10H,3H2,(H2,9,11). The fourth-order valence-corrected chi connectivity index (χ4v) is 2.32. The second-order valence-corrected chi connectivity index (χ2v) is 4.15. The van der Waals surface area contributed by atoms with E-state index >= 15 is 0 Å². The van der Waals surface area contributed by atoms with Gasteiger partial charge in [0.25, 0.3) is 0 Å². The molecule has 1 atom stereocenters. The monoisotopic (exact) mass is 196 g/mol. The summed E-state index contributed by atoms with van der Waals surface area (Å²) in [6.45, 7) is 0. The Morgan fingerprint density at radius 2 is 2.38 bits per heavy atom. The van der Waals surface area contributed by atoms with Crippen molar-refractivity contribution >= 4 is 16.7 Å². The molecule has 0 radical (unpaired) electrons. The Labute approximate surface area is 77.6 Å². The van der Waals surface area contributed by atoms with Gasteiger partial charge in [0, 0.05) is 28.5 Å². The van der Waals surface area contributed by atoms with Gasteiger partial charge in [0.1, 0.15) is 0 Å². The van der Waals surface area contributed by atoms with E-state index in [9.17, 15) is 9.00 Å². The minimum absolute atomic E-state index is 0.386. The number of hydrogen-bond acceptors (Lipinski definition) is 3. The molecule has 0 spiro atoms. The van der Waals surface area contributed by atoms with E-state index in [-0.39, 0.29) is 0 Å². The number of primary amides is 1. The van der Waals surface area contributed by atoms with Crippen LogP contribution in [0.2, 0.25) is 0 Å². The Bertz CT molecular complexity index is 393. The molecule has 5 heteroatoms. The fourth-order valence-electron chi connectivity index (χ4n) is 1.26. The molecule has 0 fully saturated rings. The summed E-state index contributed by atoms with van der Waals surface area (Å²) in [5, 5.41) is 4.47. The van der Waals surface area contributed by atoms with Crippen molar-refractivity contribution in [1.82, 2.24) is 5.32 Å². The topological polar surface area (TPSA) is 72.2 Å². The second kappa shape index (κ2) is 2.85. The van der Waals surface area contributed by atoms with Crippen LogP contribution in [0, 0.1) is 0 Å². The molecule has 4 nitrogen and oxygen atoms in total. The fraction of sp³-hybridized carbons (Fsp3) is 0.125. The van der Waals surface area contributed by atoms with Gasteiger partial charge in [-0.05, 0) is 6.08 Å². The summed E-state index contributed by atoms with van der Waals surface area (Å²) in [4.78, 5) is 11.6. The predicted molar refractivity (Wildman–Crippen MR) is 49.3 cm³/mol. The first kappa shape index (κ1) is 8.25. The summed E-state index contributed by atoms with van der Waals surface area (Å²) < 4.78 is 11.3. The lowest BCUT2D eigenvalue weighted by Crippen LogP contribution is -2.21. The summed E-state index contributed by atoms with van der Waals surface area (Å²) in [5.74, 6) is -0.469. The van der Waals surface area contributed by atoms with Crippen molar-refractivity contribution in [3.8, 4) is 0 Å². The van der Waals surface area contributed by atoms with Crippen LogP contribution in [0.4, 0.5) is 0 Å². The number of nitrogens with two attached hydrogens (primary N) is 1. The minimum atomic E-state index is -1.09. The lowest BCUT2D eigenvalue weighted by molar-refractivity contribution is -0.114. The third-order valence-electron chi connectivity index (χ3n) is 1.97. The van der Waals surface area contributed by atoms with E-state index in [1.54, 1.807) is 17.7 Å². The zero-order valence-corrected chi connectivity index (χ0v) is 7.56. The van der Waals surface area contributed by atoms with Crippen LogP contribution in [0.1, 0.15) is 6.42 Å². The lowest BCUT2D eigenvalue weighted by Gasteiger charge is -2.13. The van der Waals surface area contributed by atoms with E-state index in [0.717, 1.165) is 10.6 Å². The molecule has 2 rings (SSSR count). The van der Waals surface area contributed by atoms with Crippen molar-refractivity contribution in [2.75, 3.05) is 0 Å². The van der Waals surface area contributed by atoms with Gasteiger partial charge in [-0.2, -0.15) is 0 Å². The van der Waals surface area contributed by atoms with Crippen molar-refractivity contribution in [2.45, 2.75) is 6.42 Å². The number of allylic oxidation sites excluding steroid dienone is 2. The molecule has 2 heterocycles. The zero-order chi connectivity index (χ0) is 9.42. The Balaban J connectivity index is 2.26. The van der Waals surface area contributed by atoms with E-state index in [4.69, 9.17) is 5.73 Å². The highest BCUT2D eigenvalue weighted by molar-refractivity contribution is 7.92. The van der Waals surface area contributed by atoms with Gasteiger partial charge in [-0.3, -0.25) is 4.79 Å². The van der Waals surface area contributed by atoms with Crippen LogP contribution < -0.4 is 11.1 Å². The molecule has 0 aromatic carbocycles. The molecule has 2 aliphatic heterocycles. The summed E-state index contributed by atoms with van der Waals surface area (Å²) in [7, 11) is -1.09. The zero-order valence-electron chi connectivity index (χ0n) is 6.74. The van der Waals surface area contributed by atoms with Crippen molar-refractivity contribution < 1.29 is 9.00 Å². The number of hydrogen-bond donors (Lipinski definition) is 2. The SMILES string of the molecule is NC(=O)C1=CNC2=C(C1)S(=O)C=C2. The van der Waals surface area contributed by atoms with E-state index in [1.807, 2.05) is 0 Å². The molecule has 0 saturated carbocycles. The minimum Gasteiger partial charge on any atom is -0.366 e. The molecular weight excluding hydrogens is 188 g/mol. The Morgan fingerprint density at radius 3 is 3.08 bits per heavy atom. The van der Waals surface area contributed by atoms with Gasteiger partial charge in [0.05, 0.1) is 16.5 Å². The van der Waals surface area contributed by atoms with Gasteiger partial charge in [-0.15, -0.1) is 0 Å². The van der Waals surface area contributed by atoms with E-state index < -0.39 is 16.7 Å². The molecule has 0 saturated heterocycles. The maximum Gasteiger partial charge on any atom is 0.246 e. The van der Waals surface area contributed by atoms with Crippen molar-refractivity contribution in [1.29, 1.82) is 0 Å². The van der Waals surface area contributed by atoms with E-state index in [2.05, 4.69) is 5.32 Å². The summed E-state index contributed by atoms with van der Waals surface area (Å²) in [6, 6.07) is 0. The number of amides is 1. The van der Waals surface area contributed by atoms with E-state index in [1.165, 1.54) is 0 Å². The van der Waals surface area contributed by atoms with Gasteiger partial charge in [0.2, 0.25) is 5.91 Å². The first-order valence-electron chi connectivity index (χ1n) is 3.76. The van der Waals surface area contributed by atoms with Gasteiger partial charge in [0.15, 0.2) is 0 Å². The third kappa shape index (κ3) is 1.31. The Morgan fingerprint density at radius 1 is 1.62 bits per heavy atom. The van der Waals surface area contributed by atoms with Crippen LogP contribution in [0.5, 0.6) is 0 Å². The summed E-state index contributed by atoms with van der Waals surface area (Å²) >= 11 is 0. The normalized spacial score (nSPS) is 25.2. The molecule has 68 valence electrons. The molecule has 0 aromatic rings. The number of carbonyl (C=O) groups is 1. The highest BCUT2D eigenvalue weighted by atomic mass is 32.2. The molecule has 13 heavy (non-hydrogen) atoms. The predicted octanol–water partition coefficient (Wildman–Crippen LogP) is -0.164. The smallest absolute Gasteiger partial charge is 0.246 e. The Kier molecular flexibility index (Phi) is 1.81. The molecular formula is C8H8N2O2S. The van der Waals surface area contributed by atoms with Crippen LogP contribution in [0.15, 0.2) is 33.9 Å². The maximum absolute atomic E-state index is 11.3. The van der Waals surface area contributed by atoms with Crippen LogP contribution in [-0.2, 0) is 15.6 Å². The first-order chi connectivity index (χ1) is 6.18. The van der Waals surface area contributed by atoms with Crippen LogP contribution in [0.3, 0.4) is 0 Å². The van der Waals surface area contributed by atoms with Gasteiger partial charge >= 0.3 is 0 Å². The van der Waals surface area contributed by atoms with Crippen molar-refractivity contribution in [3.05, 3.63) is 33.9 Å². The van der Waals surface area contributed by atoms with Crippen LogP contribution in [-0.4, -0.2) is 10.1 Å². The largest absolute Gasteiger partial charge is 0.366 e. The highest BCUT2D eigenvalue weighted by Gasteiger charge is 2.22. The van der Waals surface area contributed by atoms with E-state index in [0.29, 0.717) is 12.0 Å². The molecule has 3 N–H and O–H groups in total. The number of dihydropyridines is 1. The number of carbonyl (C=O) groups excluding carboxylic acids is 1. The average Bonchev–Trinajstić information content (AvgIpc) is 2.47. The highest BCUT2D eigenvalue weighted by Crippen LogP contribution is 2.27. The summed E-state index contributed by atoms with van der Waals surface area (Å²) in [5.41, 5.74) is 6.40. The number of nitrogens with one attached hydrogen (secondary N) is 1. The average molecular weight is 196 g/mol. The third-order valence-corrected chi connectivity index (χ3v) is 3.20. The van der Waals surface area contributed by atoms with Crippen molar-refractivity contribution in [2.24, 2.45) is 5.73 Å². The van der Waals surface area contributed by atoms with Gasteiger partial charge in [-0.1, -0.05) is 0 Å². The molecule has 0 aromatic heterocycles. The molecule has 1 unspecified atom stereocenters. The first-order valence-corrected chi connectivity index (χ1v) is 4.97. The van der Waals surface area contributed by atoms with Crippen LogP contribution >= 0.6 is 0 Å².